The lowest BCUT2D eigenvalue weighted by atomic mass is 9.76. The number of rotatable bonds is 7. The van der Waals surface area contributed by atoms with E-state index in [4.69, 9.17) is 4.74 Å². The van der Waals surface area contributed by atoms with Gasteiger partial charge in [-0.25, -0.2) is 9.37 Å². The van der Waals surface area contributed by atoms with Crippen molar-refractivity contribution >= 4 is 28.9 Å². The number of carbonyl (C=O) groups excluding carboxylic acids is 1. The predicted octanol–water partition coefficient (Wildman–Crippen LogP) is 2.26. The molecule has 174 valence electrons. The highest BCUT2D eigenvalue weighted by atomic mass is 19.1. The number of methoxy groups -OCH3 is 1. The Morgan fingerprint density at radius 1 is 1.39 bits per heavy atom. The van der Waals surface area contributed by atoms with Gasteiger partial charge in [0.2, 0.25) is 0 Å². The number of pyridine rings is 1. The molecule has 3 aromatic rings. The molecule has 3 N–H and O–H groups in total. The fraction of sp³-hybridized carbons (Fsp3) is 0.455. The van der Waals surface area contributed by atoms with Crippen LogP contribution in [-0.4, -0.2) is 57.0 Å². The van der Waals surface area contributed by atoms with Gasteiger partial charge in [0.05, 0.1) is 23.9 Å². The summed E-state index contributed by atoms with van der Waals surface area (Å²) in [6, 6.07) is 4.47. The van der Waals surface area contributed by atoms with Crippen LogP contribution in [0.5, 0.6) is 0 Å². The summed E-state index contributed by atoms with van der Waals surface area (Å²) in [6.45, 7) is 1.97. The van der Waals surface area contributed by atoms with Crippen LogP contribution in [0.3, 0.4) is 0 Å². The molecule has 2 saturated carbocycles. The van der Waals surface area contributed by atoms with Crippen molar-refractivity contribution in [2.45, 2.75) is 50.0 Å². The average Bonchev–Trinajstić information content (AvgIpc) is 3.37. The summed E-state index contributed by atoms with van der Waals surface area (Å²) in [5, 5.41) is 13.4. The third kappa shape index (κ3) is 3.62. The predicted molar refractivity (Wildman–Crippen MR) is 121 cm³/mol. The second-order valence-electron chi connectivity index (χ2n) is 8.73. The summed E-state index contributed by atoms with van der Waals surface area (Å²) < 4.78 is 22.0. The maximum atomic E-state index is 13.5. The van der Waals surface area contributed by atoms with E-state index < -0.39 is 12.2 Å². The first-order valence-electron chi connectivity index (χ1n) is 10.9. The molecular weight excluding hydrogens is 429 g/mol. The van der Waals surface area contributed by atoms with E-state index in [9.17, 15) is 14.0 Å². The first-order chi connectivity index (χ1) is 15.8. The second-order valence-corrected chi connectivity index (χ2v) is 8.73. The van der Waals surface area contributed by atoms with Gasteiger partial charge >= 0.3 is 0 Å². The smallest absolute Gasteiger partial charge is 0.274 e. The molecule has 4 atom stereocenters. The van der Waals surface area contributed by atoms with Gasteiger partial charge in [-0.3, -0.25) is 9.59 Å². The number of amides is 1. The molecule has 0 spiro atoms. The van der Waals surface area contributed by atoms with Crippen LogP contribution in [0.4, 0.5) is 21.7 Å². The maximum absolute atomic E-state index is 13.5. The van der Waals surface area contributed by atoms with Gasteiger partial charge in [0.15, 0.2) is 5.65 Å². The molecule has 3 aromatic heterocycles. The summed E-state index contributed by atoms with van der Waals surface area (Å²) >= 11 is 0. The standard InChI is InChI=1S/C22H26FN7O3/c1-22(33-3)7-6-16(22)27-20(31)12-11-25-30-18(24-2)10-17(28-19(12)30)26-14-5-4-8-29(21(14)32)15-9-13(15)23/h4-5,8,10-11,13,15-16,24H,6-7,9H2,1-3H3,(H,26,28)(H,27,31)/t13-,15-,16?,22+/m0/s1. The van der Waals surface area contributed by atoms with Crippen molar-refractivity contribution in [2.75, 3.05) is 24.8 Å². The molecule has 2 aliphatic rings. The van der Waals surface area contributed by atoms with E-state index in [1.165, 1.54) is 15.3 Å². The van der Waals surface area contributed by atoms with Crippen molar-refractivity contribution in [3.05, 3.63) is 46.5 Å². The second kappa shape index (κ2) is 7.84. The Kier molecular flexibility index (Phi) is 5.08. The van der Waals surface area contributed by atoms with Crippen LogP contribution in [0.25, 0.3) is 5.65 Å². The number of anilines is 3. The minimum Gasteiger partial charge on any atom is -0.376 e. The molecule has 2 fully saturated rings. The van der Waals surface area contributed by atoms with Crippen molar-refractivity contribution in [1.82, 2.24) is 24.5 Å². The van der Waals surface area contributed by atoms with Crippen LogP contribution in [0, 0.1) is 0 Å². The van der Waals surface area contributed by atoms with E-state index in [2.05, 4.69) is 26.0 Å². The Morgan fingerprint density at radius 3 is 2.82 bits per heavy atom. The van der Waals surface area contributed by atoms with Gasteiger partial charge < -0.3 is 25.3 Å². The van der Waals surface area contributed by atoms with E-state index in [0.29, 0.717) is 29.3 Å². The van der Waals surface area contributed by atoms with Gasteiger partial charge in [-0.15, -0.1) is 0 Å². The van der Waals surface area contributed by atoms with Gasteiger partial charge in [-0.2, -0.15) is 9.61 Å². The Balaban J connectivity index is 1.46. The summed E-state index contributed by atoms with van der Waals surface area (Å²) in [7, 11) is 3.36. The molecule has 0 radical (unpaired) electrons. The van der Waals surface area contributed by atoms with Gasteiger partial charge in [0.1, 0.15) is 29.1 Å². The van der Waals surface area contributed by atoms with E-state index in [0.717, 1.165) is 12.8 Å². The van der Waals surface area contributed by atoms with Gasteiger partial charge in [-0.05, 0) is 31.9 Å². The van der Waals surface area contributed by atoms with E-state index in [-0.39, 0.29) is 28.8 Å². The van der Waals surface area contributed by atoms with Gasteiger partial charge in [0, 0.05) is 32.8 Å². The number of fused-ring (bicyclic) bond motifs is 1. The Hall–Kier alpha value is -3.47. The summed E-state index contributed by atoms with van der Waals surface area (Å²) in [5.41, 5.74) is 0.200. The maximum Gasteiger partial charge on any atom is 0.274 e. The lowest BCUT2D eigenvalue weighted by molar-refractivity contribution is -0.0828. The Bertz CT molecular complexity index is 1280. The minimum atomic E-state index is -0.994. The number of nitrogens with zero attached hydrogens (tertiary/aromatic N) is 4. The lowest BCUT2D eigenvalue weighted by Crippen LogP contribution is -2.59. The van der Waals surface area contributed by atoms with Crippen molar-refractivity contribution in [2.24, 2.45) is 0 Å². The van der Waals surface area contributed by atoms with E-state index in [1.807, 2.05) is 6.92 Å². The van der Waals surface area contributed by atoms with Crippen LogP contribution in [0.2, 0.25) is 0 Å². The van der Waals surface area contributed by atoms with Crippen LogP contribution < -0.4 is 21.5 Å². The van der Waals surface area contributed by atoms with Gasteiger partial charge in [0.25, 0.3) is 11.5 Å². The van der Waals surface area contributed by atoms with Crippen molar-refractivity contribution < 1.29 is 13.9 Å². The molecule has 11 heteroatoms. The van der Waals surface area contributed by atoms with Crippen LogP contribution in [0.1, 0.15) is 42.6 Å². The zero-order valence-electron chi connectivity index (χ0n) is 18.6. The van der Waals surface area contributed by atoms with Crippen LogP contribution in [-0.2, 0) is 4.74 Å². The number of aromatic nitrogens is 4. The van der Waals surface area contributed by atoms with E-state index >= 15 is 0 Å². The quantitative estimate of drug-likeness (QED) is 0.501. The number of nitrogens with one attached hydrogen (secondary N) is 3. The van der Waals surface area contributed by atoms with Gasteiger partial charge in [-0.1, -0.05) is 0 Å². The Morgan fingerprint density at radius 2 is 2.18 bits per heavy atom. The molecule has 3 heterocycles. The normalized spacial score (nSPS) is 26.0. The number of carbonyl (C=O) groups is 1. The highest BCUT2D eigenvalue weighted by Crippen LogP contribution is 2.38. The summed E-state index contributed by atoms with van der Waals surface area (Å²) in [6.07, 6.45) is 4.10. The molecule has 0 aromatic carbocycles. The lowest BCUT2D eigenvalue weighted by Gasteiger charge is -2.45. The molecular formula is C22H26FN7O3. The zero-order valence-corrected chi connectivity index (χ0v) is 18.6. The molecule has 10 nitrogen and oxygen atoms in total. The van der Waals surface area contributed by atoms with Crippen LogP contribution in [0.15, 0.2) is 35.4 Å². The summed E-state index contributed by atoms with van der Waals surface area (Å²) in [4.78, 5) is 30.4. The number of ether oxygens (including phenoxy) is 1. The minimum absolute atomic E-state index is 0.0976. The van der Waals surface area contributed by atoms with Crippen molar-refractivity contribution in [3.8, 4) is 0 Å². The number of alkyl halides is 1. The molecule has 5 rings (SSSR count). The fourth-order valence-corrected chi connectivity index (χ4v) is 4.21. The molecule has 0 aliphatic heterocycles. The monoisotopic (exact) mass is 455 g/mol. The third-order valence-corrected chi connectivity index (χ3v) is 6.69. The SMILES string of the molecule is CNc1cc(Nc2cccn([C@H]3C[C@@H]3F)c2=O)nc2c(C(=O)NC3CC[C@@]3(C)OC)cnn12. The molecule has 0 bridgehead atoms. The number of halogens is 1. The van der Waals surface area contributed by atoms with Crippen molar-refractivity contribution in [1.29, 1.82) is 0 Å². The first-order valence-corrected chi connectivity index (χ1v) is 10.9. The number of hydrogen-bond acceptors (Lipinski definition) is 7. The highest BCUT2D eigenvalue weighted by molar-refractivity contribution is 6.00. The van der Waals surface area contributed by atoms with Crippen LogP contribution >= 0.6 is 0 Å². The third-order valence-electron chi connectivity index (χ3n) is 6.69. The molecule has 0 saturated heterocycles. The van der Waals surface area contributed by atoms with Crippen molar-refractivity contribution in [3.63, 3.8) is 0 Å². The highest BCUT2D eigenvalue weighted by Gasteiger charge is 2.44. The molecule has 1 unspecified atom stereocenters. The fourth-order valence-electron chi connectivity index (χ4n) is 4.21. The topological polar surface area (TPSA) is 115 Å². The van der Waals surface area contributed by atoms with E-state index in [1.54, 1.807) is 38.6 Å². The average molecular weight is 455 g/mol. The largest absolute Gasteiger partial charge is 0.376 e. The summed E-state index contributed by atoms with van der Waals surface area (Å²) in [5.74, 6) is 0.637. The Labute approximate surface area is 189 Å². The zero-order chi connectivity index (χ0) is 23.3. The number of hydrogen-bond donors (Lipinski definition) is 3. The molecule has 1 amide bonds. The molecule has 2 aliphatic carbocycles. The molecule has 33 heavy (non-hydrogen) atoms. The first kappa shape index (κ1) is 21.4.